The van der Waals surface area contributed by atoms with Gasteiger partial charge in [-0.1, -0.05) is 33.1 Å². The number of aliphatic hydroxyl groups excluding tert-OH is 1. The lowest BCUT2D eigenvalue weighted by Crippen LogP contribution is -2.37. The predicted molar refractivity (Wildman–Crippen MR) is 77.4 cm³/mol. The van der Waals surface area contributed by atoms with Crippen LogP contribution in [0.2, 0.25) is 0 Å². The van der Waals surface area contributed by atoms with Gasteiger partial charge >= 0.3 is 0 Å². The summed E-state index contributed by atoms with van der Waals surface area (Å²) in [6.45, 7) is 7.84. The van der Waals surface area contributed by atoms with Gasteiger partial charge in [0.2, 0.25) is 0 Å². The number of unbranched alkanes of at least 4 members (excludes halogenated alkanes) is 1. The monoisotopic (exact) mass is 273 g/mol. The maximum absolute atomic E-state index is 9.84. The third kappa shape index (κ3) is 7.88. The molecule has 0 radical (unpaired) electrons. The van der Waals surface area contributed by atoms with E-state index in [0.717, 1.165) is 32.7 Å². The second kappa shape index (κ2) is 10.6. The van der Waals surface area contributed by atoms with Crippen molar-refractivity contribution in [3.63, 3.8) is 0 Å². The van der Waals surface area contributed by atoms with Crippen LogP contribution in [0, 0.1) is 5.92 Å². The van der Waals surface area contributed by atoms with Crippen molar-refractivity contribution < 1.29 is 14.6 Å². The van der Waals surface area contributed by atoms with Crippen LogP contribution >= 0.6 is 0 Å². The van der Waals surface area contributed by atoms with Crippen molar-refractivity contribution in [2.75, 3.05) is 33.0 Å². The Balaban J connectivity index is 2.00. The Hall–Kier alpha value is -0.160. The molecule has 1 aliphatic heterocycles. The van der Waals surface area contributed by atoms with Gasteiger partial charge in [0.15, 0.2) is 0 Å². The zero-order chi connectivity index (χ0) is 13.9. The van der Waals surface area contributed by atoms with Crippen LogP contribution in [0.1, 0.15) is 46.0 Å². The maximum Gasteiger partial charge on any atom is 0.0897 e. The first kappa shape index (κ1) is 16.9. The molecule has 0 aromatic heterocycles. The maximum atomic E-state index is 9.84. The topological polar surface area (TPSA) is 50.7 Å². The first-order chi connectivity index (χ1) is 9.26. The molecular formula is C15H31NO3. The van der Waals surface area contributed by atoms with Crippen LogP contribution in [0.4, 0.5) is 0 Å². The summed E-state index contributed by atoms with van der Waals surface area (Å²) in [6.07, 6.45) is 5.54. The van der Waals surface area contributed by atoms with E-state index in [1.807, 2.05) is 0 Å². The summed E-state index contributed by atoms with van der Waals surface area (Å²) in [5.41, 5.74) is 0. The Kier molecular flexibility index (Phi) is 9.43. The summed E-state index contributed by atoms with van der Waals surface area (Å²) in [6, 6.07) is 0.405. The molecule has 19 heavy (non-hydrogen) atoms. The van der Waals surface area contributed by atoms with E-state index < -0.39 is 6.10 Å². The summed E-state index contributed by atoms with van der Waals surface area (Å²) < 4.78 is 10.9. The molecule has 1 fully saturated rings. The zero-order valence-electron chi connectivity index (χ0n) is 12.6. The van der Waals surface area contributed by atoms with Gasteiger partial charge in [-0.3, -0.25) is 0 Å². The molecule has 0 bridgehead atoms. The van der Waals surface area contributed by atoms with Crippen molar-refractivity contribution >= 4 is 0 Å². The van der Waals surface area contributed by atoms with Crippen LogP contribution in [-0.4, -0.2) is 50.2 Å². The Morgan fingerprint density at radius 3 is 2.84 bits per heavy atom. The number of hydrogen-bond donors (Lipinski definition) is 2. The Labute approximate surface area is 117 Å². The van der Waals surface area contributed by atoms with Gasteiger partial charge in [0.25, 0.3) is 0 Å². The Morgan fingerprint density at radius 1 is 1.37 bits per heavy atom. The van der Waals surface area contributed by atoms with Crippen LogP contribution < -0.4 is 5.32 Å². The minimum atomic E-state index is -0.413. The van der Waals surface area contributed by atoms with Crippen molar-refractivity contribution in [1.29, 1.82) is 0 Å². The molecule has 114 valence electrons. The number of hydrogen-bond acceptors (Lipinski definition) is 4. The molecular weight excluding hydrogens is 242 g/mol. The predicted octanol–water partition coefficient (Wildman–Crippen LogP) is 1.96. The minimum absolute atomic E-state index is 0.405. The fourth-order valence-electron chi connectivity index (χ4n) is 2.33. The van der Waals surface area contributed by atoms with Crippen molar-refractivity contribution in [3.05, 3.63) is 0 Å². The SMILES string of the molecule is CCCCC(CC)COCC(O)CNC1CCOC1. The highest BCUT2D eigenvalue weighted by atomic mass is 16.5. The standard InChI is InChI=1S/C15H31NO3/c1-3-5-6-13(4-2)10-19-12-15(17)9-16-14-7-8-18-11-14/h13-17H,3-12H2,1-2H3. The third-order valence-corrected chi connectivity index (χ3v) is 3.78. The number of ether oxygens (including phenoxy) is 2. The molecule has 4 nitrogen and oxygen atoms in total. The van der Waals surface area contributed by atoms with E-state index in [9.17, 15) is 5.11 Å². The second-order valence-electron chi connectivity index (χ2n) is 5.58. The molecule has 0 aromatic rings. The van der Waals surface area contributed by atoms with Gasteiger partial charge in [0, 0.05) is 25.8 Å². The van der Waals surface area contributed by atoms with Gasteiger partial charge in [0.05, 0.1) is 19.3 Å². The molecule has 0 spiro atoms. The zero-order valence-corrected chi connectivity index (χ0v) is 12.6. The van der Waals surface area contributed by atoms with Gasteiger partial charge in [-0.15, -0.1) is 0 Å². The molecule has 0 amide bonds. The van der Waals surface area contributed by atoms with Gasteiger partial charge in [0.1, 0.15) is 0 Å². The fraction of sp³-hybridized carbons (Fsp3) is 1.00. The molecule has 0 aromatic carbocycles. The average Bonchev–Trinajstić information content (AvgIpc) is 2.93. The molecule has 1 rings (SSSR count). The number of rotatable bonds is 11. The molecule has 1 aliphatic rings. The van der Waals surface area contributed by atoms with Gasteiger partial charge in [-0.25, -0.2) is 0 Å². The molecule has 2 N–H and O–H groups in total. The van der Waals surface area contributed by atoms with Crippen LogP contribution in [0.15, 0.2) is 0 Å². The smallest absolute Gasteiger partial charge is 0.0897 e. The molecule has 0 saturated carbocycles. The third-order valence-electron chi connectivity index (χ3n) is 3.78. The van der Waals surface area contributed by atoms with Crippen LogP contribution in [0.25, 0.3) is 0 Å². The molecule has 1 heterocycles. The number of nitrogens with one attached hydrogen (secondary N) is 1. The molecule has 4 heteroatoms. The van der Waals surface area contributed by atoms with E-state index >= 15 is 0 Å². The van der Waals surface area contributed by atoms with Gasteiger partial charge < -0.3 is 19.9 Å². The molecule has 3 unspecified atom stereocenters. The first-order valence-electron chi connectivity index (χ1n) is 7.83. The summed E-state index contributed by atoms with van der Waals surface area (Å²) in [5, 5.41) is 13.2. The van der Waals surface area contributed by atoms with Crippen LogP contribution in [-0.2, 0) is 9.47 Å². The van der Waals surface area contributed by atoms with Crippen molar-refractivity contribution in [3.8, 4) is 0 Å². The first-order valence-corrected chi connectivity index (χ1v) is 7.83. The van der Waals surface area contributed by atoms with Crippen molar-refractivity contribution in [2.45, 2.75) is 58.1 Å². The molecule has 3 atom stereocenters. The summed E-state index contributed by atoms with van der Waals surface area (Å²) in [4.78, 5) is 0. The summed E-state index contributed by atoms with van der Waals surface area (Å²) in [7, 11) is 0. The van der Waals surface area contributed by atoms with Gasteiger partial charge in [-0.05, 0) is 18.8 Å². The second-order valence-corrected chi connectivity index (χ2v) is 5.58. The van der Waals surface area contributed by atoms with E-state index in [-0.39, 0.29) is 0 Å². The molecule has 0 aliphatic carbocycles. The highest BCUT2D eigenvalue weighted by Gasteiger charge is 2.16. The lowest BCUT2D eigenvalue weighted by atomic mass is 10.0. The average molecular weight is 273 g/mol. The van der Waals surface area contributed by atoms with Crippen molar-refractivity contribution in [1.82, 2.24) is 5.32 Å². The number of aliphatic hydroxyl groups is 1. The van der Waals surface area contributed by atoms with Gasteiger partial charge in [-0.2, -0.15) is 0 Å². The fourth-order valence-corrected chi connectivity index (χ4v) is 2.33. The lowest BCUT2D eigenvalue weighted by Gasteiger charge is -2.18. The highest BCUT2D eigenvalue weighted by Crippen LogP contribution is 2.12. The van der Waals surface area contributed by atoms with Crippen LogP contribution in [0.3, 0.4) is 0 Å². The van der Waals surface area contributed by atoms with Crippen LogP contribution in [0.5, 0.6) is 0 Å². The van der Waals surface area contributed by atoms with E-state index in [1.165, 1.54) is 19.3 Å². The van der Waals surface area contributed by atoms with E-state index in [1.54, 1.807) is 0 Å². The quantitative estimate of drug-likeness (QED) is 0.604. The Bertz CT molecular complexity index is 208. The minimum Gasteiger partial charge on any atom is -0.389 e. The lowest BCUT2D eigenvalue weighted by molar-refractivity contribution is 0.0181. The highest BCUT2D eigenvalue weighted by molar-refractivity contribution is 4.72. The summed E-state index contributed by atoms with van der Waals surface area (Å²) in [5.74, 6) is 0.642. The molecule has 1 saturated heterocycles. The largest absolute Gasteiger partial charge is 0.389 e. The summed E-state index contributed by atoms with van der Waals surface area (Å²) >= 11 is 0. The van der Waals surface area contributed by atoms with E-state index in [2.05, 4.69) is 19.2 Å². The van der Waals surface area contributed by atoms with Crippen molar-refractivity contribution in [2.24, 2.45) is 5.92 Å². The normalized spacial score (nSPS) is 22.6. The van der Waals surface area contributed by atoms with E-state index in [0.29, 0.717) is 25.1 Å². The Morgan fingerprint density at radius 2 is 2.21 bits per heavy atom. The van der Waals surface area contributed by atoms with E-state index in [4.69, 9.17) is 9.47 Å².